The van der Waals surface area contributed by atoms with Gasteiger partial charge >= 0.3 is 5.97 Å². The smallest absolute Gasteiger partial charge is 0.309 e. The van der Waals surface area contributed by atoms with Gasteiger partial charge in [-0.1, -0.05) is 13.8 Å². The Morgan fingerprint density at radius 1 is 1.18 bits per heavy atom. The van der Waals surface area contributed by atoms with Gasteiger partial charge in [0.05, 0.1) is 11.0 Å². The molecule has 0 aromatic heterocycles. The summed E-state index contributed by atoms with van der Waals surface area (Å²) in [6, 6.07) is 0. The van der Waals surface area contributed by atoms with Crippen molar-refractivity contribution in [3.63, 3.8) is 0 Å². The number of hydrogen-bond acceptors (Lipinski definition) is 2. The summed E-state index contributed by atoms with van der Waals surface area (Å²) in [7, 11) is 0. The molecule has 4 aliphatic rings. The molecule has 0 aromatic carbocycles. The first-order chi connectivity index (χ1) is 7.88. The fourth-order valence-electron chi connectivity index (χ4n) is 5.22. The van der Waals surface area contributed by atoms with Crippen LogP contribution in [0.15, 0.2) is 0 Å². The highest BCUT2D eigenvalue weighted by molar-refractivity contribution is 5.75. The van der Waals surface area contributed by atoms with Gasteiger partial charge < -0.3 is 10.2 Å². The molecule has 4 saturated carbocycles. The Hall–Kier alpha value is -0.570. The second kappa shape index (κ2) is 3.25. The molecular weight excluding hydrogens is 216 g/mol. The number of carboxylic acids is 1. The van der Waals surface area contributed by atoms with E-state index >= 15 is 0 Å². The minimum absolute atomic E-state index is 0.213. The maximum absolute atomic E-state index is 11.6. The molecular formula is C14H22O3. The number of aliphatic hydroxyl groups is 1. The molecule has 0 radical (unpaired) electrons. The van der Waals surface area contributed by atoms with Crippen molar-refractivity contribution < 1.29 is 15.0 Å². The third-order valence-corrected chi connectivity index (χ3v) is 5.88. The normalized spacial score (nSPS) is 52.1. The highest BCUT2D eigenvalue weighted by Gasteiger charge is 2.64. The molecule has 3 nitrogen and oxygen atoms in total. The van der Waals surface area contributed by atoms with Gasteiger partial charge in [-0.05, 0) is 55.8 Å². The molecule has 4 bridgehead atoms. The van der Waals surface area contributed by atoms with E-state index in [2.05, 4.69) is 13.8 Å². The van der Waals surface area contributed by atoms with Gasteiger partial charge in [-0.15, -0.1) is 0 Å². The van der Waals surface area contributed by atoms with Gasteiger partial charge in [0.25, 0.3) is 0 Å². The van der Waals surface area contributed by atoms with Gasteiger partial charge in [0.1, 0.15) is 0 Å². The first-order valence-corrected chi connectivity index (χ1v) is 6.84. The van der Waals surface area contributed by atoms with Gasteiger partial charge in [0, 0.05) is 0 Å². The summed E-state index contributed by atoms with van der Waals surface area (Å²) in [6.45, 7) is 4.16. The van der Waals surface area contributed by atoms with Crippen molar-refractivity contribution in [2.75, 3.05) is 0 Å². The van der Waals surface area contributed by atoms with Crippen LogP contribution in [0.1, 0.15) is 46.0 Å². The largest absolute Gasteiger partial charge is 0.481 e. The van der Waals surface area contributed by atoms with E-state index in [0.29, 0.717) is 18.8 Å². The van der Waals surface area contributed by atoms with Gasteiger partial charge in [0.2, 0.25) is 0 Å². The number of hydrogen-bond donors (Lipinski definition) is 2. The van der Waals surface area contributed by atoms with Crippen LogP contribution < -0.4 is 0 Å². The van der Waals surface area contributed by atoms with Crippen LogP contribution in [0.2, 0.25) is 0 Å². The molecule has 0 saturated heterocycles. The van der Waals surface area contributed by atoms with Crippen LogP contribution in [-0.2, 0) is 4.79 Å². The molecule has 96 valence electrons. The van der Waals surface area contributed by atoms with Crippen LogP contribution in [0, 0.1) is 29.1 Å². The van der Waals surface area contributed by atoms with Gasteiger partial charge in [-0.3, -0.25) is 4.79 Å². The molecule has 17 heavy (non-hydrogen) atoms. The first-order valence-electron chi connectivity index (χ1n) is 6.84. The molecule has 0 aromatic rings. The van der Waals surface area contributed by atoms with Crippen molar-refractivity contribution in [3.05, 3.63) is 0 Å². The quantitative estimate of drug-likeness (QED) is 0.776. The van der Waals surface area contributed by atoms with Crippen molar-refractivity contribution in [2.45, 2.75) is 51.6 Å². The second-order valence-corrected chi connectivity index (χ2v) is 6.97. The Morgan fingerprint density at radius 3 is 2.12 bits per heavy atom. The Labute approximate surface area is 102 Å². The van der Waals surface area contributed by atoms with Crippen LogP contribution in [0.4, 0.5) is 0 Å². The second-order valence-electron chi connectivity index (χ2n) is 6.97. The predicted molar refractivity (Wildman–Crippen MR) is 63.4 cm³/mol. The summed E-state index contributed by atoms with van der Waals surface area (Å²) >= 11 is 0. The molecule has 4 rings (SSSR count). The average Bonchev–Trinajstić information content (AvgIpc) is 2.24. The van der Waals surface area contributed by atoms with E-state index in [0.717, 1.165) is 19.3 Å². The number of aliphatic carboxylic acids is 1. The molecule has 0 aliphatic heterocycles. The minimum Gasteiger partial charge on any atom is -0.481 e. The van der Waals surface area contributed by atoms with Crippen molar-refractivity contribution in [1.29, 1.82) is 0 Å². The monoisotopic (exact) mass is 238 g/mol. The SMILES string of the molecule is CC(C)[C@]1(O)[C@@H]2CC3C[C@@H]1C[C@](C(=O)O)(C3)C2. The summed E-state index contributed by atoms with van der Waals surface area (Å²) in [5.41, 5.74) is -1.10. The maximum atomic E-state index is 11.6. The van der Waals surface area contributed by atoms with Crippen LogP contribution >= 0.6 is 0 Å². The summed E-state index contributed by atoms with van der Waals surface area (Å²) < 4.78 is 0. The minimum atomic E-state index is -0.622. The molecule has 4 aliphatic carbocycles. The van der Waals surface area contributed by atoms with Crippen LogP contribution in [0.5, 0.6) is 0 Å². The zero-order chi connectivity index (χ0) is 12.4. The van der Waals surface area contributed by atoms with E-state index in [1.54, 1.807) is 0 Å². The average molecular weight is 238 g/mol. The Balaban J connectivity index is 1.99. The maximum Gasteiger partial charge on any atom is 0.309 e. The number of carbonyl (C=O) groups is 1. The lowest BCUT2D eigenvalue weighted by Gasteiger charge is -2.63. The van der Waals surface area contributed by atoms with Crippen LogP contribution in [-0.4, -0.2) is 21.8 Å². The fourth-order valence-corrected chi connectivity index (χ4v) is 5.22. The van der Waals surface area contributed by atoms with Gasteiger partial charge in [-0.2, -0.15) is 0 Å². The highest BCUT2D eigenvalue weighted by atomic mass is 16.4. The molecule has 2 N–H and O–H groups in total. The summed E-state index contributed by atoms with van der Waals surface area (Å²) in [4.78, 5) is 11.6. The van der Waals surface area contributed by atoms with Crippen molar-refractivity contribution in [1.82, 2.24) is 0 Å². The molecule has 0 amide bonds. The third kappa shape index (κ3) is 1.29. The van der Waals surface area contributed by atoms with Crippen molar-refractivity contribution in [3.8, 4) is 0 Å². The Bertz CT molecular complexity index is 344. The third-order valence-electron chi connectivity index (χ3n) is 5.88. The number of carboxylic acid groups (broad SMARTS) is 1. The first kappa shape index (κ1) is 11.5. The summed E-state index contributed by atoms with van der Waals surface area (Å²) in [5, 5.41) is 20.5. The Kier molecular flexibility index (Phi) is 2.20. The highest BCUT2D eigenvalue weighted by Crippen LogP contribution is 2.65. The van der Waals surface area contributed by atoms with E-state index < -0.39 is 17.0 Å². The summed E-state index contributed by atoms with van der Waals surface area (Å²) in [5.74, 6) is 0.586. The van der Waals surface area contributed by atoms with Crippen LogP contribution in [0.3, 0.4) is 0 Å². The standard InChI is InChI=1S/C14H22O3/c1-8(2)14(17)10-3-9-4-11(14)7-13(5-9,6-10)12(15)16/h8-11,17H,3-7H2,1-2H3,(H,15,16)/t9?,10-,11-,13-,14-/m1/s1. The molecule has 0 heterocycles. The van der Waals surface area contributed by atoms with E-state index in [1.807, 2.05) is 0 Å². The molecule has 2 atom stereocenters. The van der Waals surface area contributed by atoms with Gasteiger partial charge in [0.15, 0.2) is 0 Å². The lowest BCUT2D eigenvalue weighted by atomic mass is 9.43. The Morgan fingerprint density at radius 2 is 1.71 bits per heavy atom. The van der Waals surface area contributed by atoms with Gasteiger partial charge in [-0.25, -0.2) is 0 Å². The molecule has 0 unspecified atom stereocenters. The van der Waals surface area contributed by atoms with Crippen molar-refractivity contribution in [2.24, 2.45) is 29.1 Å². The zero-order valence-electron chi connectivity index (χ0n) is 10.6. The molecule has 3 heteroatoms. The van der Waals surface area contributed by atoms with E-state index in [1.165, 1.54) is 0 Å². The van der Waals surface area contributed by atoms with E-state index in [9.17, 15) is 15.0 Å². The summed E-state index contributed by atoms with van der Waals surface area (Å²) in [6.07, 6.45) is 4.33. The number of rotatable bonds is 2. The lowest BCUT2D eigenvalue weighted by molar-refractivity contribution is -0.226. The van der Waals surface area contributed by atoms with Crippen LogP contribution in [0.25, 0.3) is 0 Å². The van der Waals surface area contributed by atoms with E-state index in [-0.39, 0.29) is 17.8 Å². The van der Waals surface area contributed by atoms with E-state index in [4.69, 9.17) is 0 Å². The fraction of sp³-hybridized carbons (Fsp3) is 0.929. The van der Waals surface area contributed by atoms with Crippen molar-refractivity contribution >= 4 is 5.97 Å². The lowest BCUT2D eigenvalue weighted by Crippen LogP contribution is -2.64. The molecule has 4 fully saturated rings. The molecule has 0 spiro atoms. The topological polar surface area (TPSA) is 57.5 Å². The zero-order valence-corrected chi connectivity index (χ0v) is 10.6. The predicted octanol–water partition coefficient (Wildman–Crippen LogP) is 2.28.